The fourth-order valence-corrected chi connectivity index (χ4v) is 1.17. The molecule has 0 aromatic carbocycles. The lowest BCUT2D eigenvalue weighted by atomic mass is 10.1. The maximum absolute atomic E-state index is 12.5. The van der Waals surface area contributed by atoms with Crippen molar-refractivity contribution in [1.82, 2.24) is 4.98 Å². The monoisotopic (exact) mass is 228 g/mol. The van der Waals surface area contributed by atoms with Gasteiger partial charge in [-0.3, -0.25) is 0 Å². The lowest BCUT2D eigenvalue weighted by Gasteiger charge is -2.10. The molecule has 0 saturated heterocycles. The number of carboxylic acids is 1. The van der Waals surface area contributed by atoms with Crippen LogP contribution in [0.4, 0.5) is 8.78 Å². The molecule has 0 saturated carbocycles. The quantitative estimate of drug-likeness (QED) is 0.849. The van der Waals surface area contributed by atoms with Crippen LogP contribution in [-0.2, 0) is 0 Å². The third-order valence-corrected chi connectivity index (χ3v) is 1.82. The zero-order valence-electron chi connectivity index (χ0n) is 8.07. The Morgan fingerprint density at radius 2 is 2.31 bits per heavy atom. The number of hydrogen-bond donors (Lipinski definition) is 1. The second kappa shape index (κ2) is 4.53. The number of hydrogen-bond acceptors (Lipinski definition) is 4. The van der Waals surface area contributed by atoms with E-state index in [4.69, 9.17) is 10.4 Å². The van der Waals surface area contributed by atoms with Gasteiger partial charge in [0.15, 0.2) is 11.4 Å². The standard InChI is InChI=1S/C9H6F2N2O3/c1-16-7-5(2-12)13-3-4(8(10)11)6(7)9(14)15/h3,8H,1H3,(H,14,15). The molecule has 0 aliphatic carbocycles. The third-order valence-electron chi connectivity index (χ3n) is 1.82. The molecule has 5 nitrogen and oxygen atoms in total. The smallest absolute Gasteiger partial charge is 0.340 e. The predicted octanol–water partition coefficient (Wildman–Crippen LogP) is 1.60. The zero-order valence-corrected chi connectivity index (χ0v) is 8.07. The summed E-state index contributed by atoms with van der Waals surface area (Å²) in [6.45, 7) is 0. The van der Waals surface area contributed by atoms with Crippen LogP contribution in [-0.4, -0.2) is 23.2 Å². The van der Waals surface area contributed by atoms with Gasteiger partial charge in [-0.1, -0.05) is 0 Å². The topological polar surface area (TPSA) is 83.2 Å². The van der Waals surface area contributed by atoms with Crippen molar-refractivity contribution in [3.63, 3.8) is 0 Å². The van der Waals surface area contributed by atoms with Gasteiger partial charge in [0.2, 0.25) is 0 Å². The summed E-state index contributed by atoms with van der Waals surface area (Å²) in [7, 11) is 1.08. The van der Waals surface area contributed by atoms with Crippen molar-refractivity contribution in [3.05, 3.63) is 23.0 Å². The van der Waals surface area contributed by atoms with Gasteiger partial charge in [0, 0.05) is 6.20 Å². The van der Waals surface area contributed by atoms with E-state index < -0.39 is 29.3 Å². The number of nitriles is 1. The molecule has 1 aromatic heterocycles. The van der Waals surface area contributed by atoms with Gasteiger partial charge in [-0.05, 0) is 0 Å². The van der Waals surface area contributed by atoms with Gasteiger partial charge in [-0.2, -0.15) is 5.26 Å². The van der Waals surface area contributed by atoms with Gasteiger partial charge in [0.1, 0.15) is 11.6 Å². The summed E-state index contributed by atoms with van der Waals surface area (Å²) in [5.41, 5.74) is -1.85. The summed E-state index contributed by atoms with van der Waals surface area (Å²) in [5, 5.41) is 17.4. The predicted molar refractivity (Wildman–Crippen MR) is 47.4 cm³/mol. The summed E-state index contributed by atoms with van der Waals surface area (Å²) in [5.74, 6) is -2.04. The van der Waals surface area contributed by atoms with E-state index in [1.807, 2.05) is 0 Å². The largest absolute Gasteiger partial charge is 0.493 e. The van der Waals surface area contributed by atoms with Gasteiger partial charge < -0.3 is 9.84 Å². The normalized spacial score (nSPS) is 9.94. The molecule has 1 rings (SSSR count). The summed E-state index contributed by atoms with van der Waals surface area (Å²) in [4.78, 5) is 14.2. The maximum Gasteiger partial charge on any atom is 0.340 e. The van der Waals surface area contributed by atoms with Crippen LogP contribution in [0.2, 0.25) is 0 Å². The number of aromatic nitrogens is 1. The number of halogens is 2. The van der Waals surface area contributed by atoms with E-state index in [0.717, 1.165) is 7.11 Å². The first-order chi connectivity index (χ1) is 7.52. The highest BCUT2D eigenvalue weighted by molar-refractivity contribution is 5.93. The average molecular weight is 228 g/mol. The van der Waals surface area contributed by atoms with E-state index in [9.17, 15) is 13.6 Å². The van der Waals surface area contributed by atoms with Crippen molar-refractivity contribution < 1.29 is 23.4 Å². The van der Waals surface area contributed by atoms with Crippen molar-refractivity contribution >= 4 is 5.97 Å². The van der Waals surface area contributed by atoms with Gasteiger partial charge in [0.05, 0.1) is 12.7 Å². The Kier molecular flexibility index (Phi) is 3.35. The van der Waals surface area contributed by atoms with Crippen LogP contribution >= 0.6 is 0 Å². The summed E-state index contributed by atoms with van der Waals surface area (Å²) >= 11 is 0. The van der Waals surface area contributed by atoms with Gasteiger partial charge in [-0.15, -0.1) is 0 Å². The molecule has 0 spiro atoms. The number of alkyl halides is 2. The number of ether oxygens (including phenoxy) is 1. The van der Waals surface area contributed by atoms with E-state index in [2.05, 4.69) is 9.72 Å². The van der Waals surface area contributed by atoms with E-state index in [-0.39, 0.29) is 5.69 Å². The number of aromatic carboxylic acids is 1. The minimum Gasteiger partial charge on any atom is -0.493 e. The highest BCUT2D eigenvalue weighted by Crippen LogP contribution is 2.31. The lowest BCUT2D eigenvalue weighted by molar-refractivity contribution is 0.0680. The van der Waals surface area contributed by atoms with E-state index >= 15 is 0 Å². The maximum atomic E-state index is 12.5. The van der Waals surface area contributed by atoms with Crippen LogP contribution in [0.3, 0.4) is 0 Å². The fourth-order valence-electron chi connectivity index (χ4n) is 1.17. The second-order valence-electron chi connectivity index (χ2n) is 2.69. The molecule has 1 N–H and O–H groups in total. The number of carboxylic acid groups (broad SMARTS) is 1. The minimum atomic E-state index is -3.00. The first-order valence-corrected chi connectivity index (χ1v) is 4.01. The van der Waals surface area contributed by atoms with Crippen molar-refractivity contribution in [1.29, 1.82) is 5.26 Å². The molecule has 16 heavy (non-hydrogen) atoms. The third kappa shape index (κ3) is 1.91. The fraction of sp³-hybridized carbons (Fsp3) is 0.222. The average Bonchev–Trinajstić information content (AvgIpc) is 2.26. The van der Waals surface area contributed by atoms with Crippen LogP contribution in [0, 0.1) is 11.3 Å². The Labute approximate surface area is 88.9 Å². The molecule has 0 atom stereocenters. The Morgan fingerprint density at radius 1 is 1.69 bits per heavy atom. The molecular weight excluding hydrogens is 222 g/mol. The molecule has 0 amide bonds. The van der Waals surface area contributed by atoms with Crippen molar-refractivity contribution in [2.45, 2.75) is 6.43 Å². The summed E-state index contributed by atoms with van der Waals surface area (Å²) in [6.07, 6.45) is -2.34. The molecule has 1 heterocycles. The molecular formula is C9H6F2N2O3. The number of pyridine rings is 1. The van der Waals surface area contributed by atoms with Crippen LogP contribution in [0.25, 0.3) is 0 Å². The molecule has 0 aliphatic rings. The highest BCUT2D eigenvalue weighted by atomic mass is 19.3. The molecule has 0 aliphatic heterocycles. The Balaban J connectivity index is 3.58. The first-order valence-electron chi connectivity index (χ1n) is 4.01. The molecule has 0 fully saturated rings. The summed E-state index contributed by atoms with van der Waals surface area (Å²) in [6, 6.07) is 1.56. The van der Waals surface area contributed by atoms with Crippen LogP contribution < -0.4 is 4.74 Å². The van der Waals surface area contributed by atoms with E-state index in [1.54, 1.807) is 6.07 Å². The van der Waals surface area contributed by atoms with Crippen LogP contribution in [0.5, 0.6) is 5.75 Å². The SMILES string of the molecule is COc1c(C#N)ncc(C(F)F)c1C(=O)O. The molecule has 0 unspecified atom stereocenters. The number of rotatable bonds is 3. The van der Waals surface area contributed by atoms with Crippen molar-refractivity contribution in [2.75, 3.05) is 7.11 Å². The van der Waals surface area contributed by atoms with Gasteiger partial charge in [0.25, 0.3) is 6.43 Å². The molecule has 0 radical (unpaired) electrons. The van der Waals surface area contributed by atoms with Crippen LogP contribution in [0.15, 0.2) is 6.20 Å². The lowest BCUT2D eigenvalue weighted by Crippen LogP contribution is -2.09. The Morgan fingerprint density at radius 3 is 2.69 bits per heavy atom. The van der Waals surface area contributed by atoms with Gasteiger partial charge in [-0.25, -0.2) is 18.6 Å². The number of nitrogens with zero attached hydrogens (tertiary/aromatic N) is 2. The highest BCUT2D eigenvalue weighted by Gasteiger charge is 2.25. The van der Waals surface area contributed by atoms with Gasteiger partial charge >= 0.3 is 5.97 Å². The zero-order chi connectivity index (χ0) is 12.3. The van der Waals surface area contributed by atoms with Crippen LogP contribution in [0.1, 0.15) is 28.0 Å². The molecule has 7 heteroatoms. The second-order valence-corrected chi connectivity index (χ2v) is 2.69. The molecule has 1 aromatic rings. The van der Waals surface area contributed by atoms with E-state index in [0.29, 0.717) is 6.20 Å². The molecule has 0 bridgehead atoms. The van der Waals surface area contributed by atoms with Crippen molar-refractivity contribution in [2.24, 2.45) is 0 Å². The minimum absolute atomic E-state index is 0.343. The molecule has 84 valence electrons. The first kappa shape index (κ1) is 11.8. The summed E-state index contributed by atoms with van der Waals surface area (Å²) < 4.78 is 29.6. The van der Waals surface area contributed by atoms with Crippen molar-refractivity contribution in [3.8, 4) is 11.8 Å². The number of methoxy groups -OCH3 is 1. The Hall–Kier alpha value is -2.23. The number of carbonyl (C=O) groups is 1. The Bertz CT molecular complexity index is 469. The van der Waals surface area contributed by atoms with E-state index in [1.165, 1.54) is 0 Å².